The topological polar surface area (TPSA) is 56.0 Å². The summed E-state index contributed by atoms with van der Waals surface area (Å²) in [6.45, 7) is 1.97. The second-order valence-corrected chi connectivity index (χ2v) is 7.27. The van der Waals surface area contributed by atoms with Crippen molar-refractivity contribution in [1.82, 2.24) is 24.6 Å². The summed E-state index contributed by atoms with van der Waals surface area (Å²) in [5.41, 5.74) is 6.89. The third-order valence-corrected chi connectivity index (χ3v) is 5.65. The van der Waals surface area contributed by atoms with Crippen LogP contribution in [0.4, 0.5) is 4.39 Å². The van der Waals surface area contributed by atoms with E-state index >= 15 is 0 Å². The third kappa shape index (κ3) is 2.76. The van der Waals surface area contributed by atoms with Crippen LogP contribution in [0, 0.1) is 12.7 Å². The second kappa shape index (κ2) is 6.78. The first kappa shape index (κ1) is 17.0. The van der Waals surface area contributed by atoms with E-state index in [1.54, 1.807) is 18.6 Å². The first-order valence-electron chi connectivity index (χ1n) is 9.61. The van der Waals surface area contributed by atoms with Gasteiger partial charge in [-0.25, -0.2) is 9.37 Å². The fourth-order valence-corrected chi connectivity index (χ4v) is 4.23. The van der Waals surface area contributed by atoms with Gasteiger partial charge in [-0.15, -0.1) is 10.2 Å². The van der Waals surface area contributed by atoms with E-state index in [9.17, 15) is 4.39 Å². The molecule has 3 heterocycles. The summed E-state index contributed by atoms with van der Waals surface area (Å²) in [4.78, 5) is 9.03. The number of hydrogen-bond acceptors (Lipinski definition) is 4. The molecule has 0 radical (unpaired) electrons. The van der Waals surface area contributed by atoms with E-state index in [-0.39, 0.29) is 5.82 Å². The lowest BCUT2D eigenvalue weighted by molar-refractivity contribution is 0.603. The van der Waals surface area contributed by atoms with Crippen LogP contribution in [0.5, 0.6) is 0 Å². The third-order valence-electron chi connectivity index (χ3n) is 5.65. The summed E-state index contributed by atoms with van der Waals surface area (Å²) in [7, 11) is 0. The SMILES string of the molecule is Cc1ncccc1-c1cnc(CCc2c(F)ccc3c2CCC3)n2cnnc12. The summed E-state index contributed by atoms with van der Waals surface area (Å²) in [5.74, 6) is 0.726. The van der Waals surface area contributed by atoms with Crippen molar-refractivity contribution in [2.45, 2.75) is 39.0 Å². The van der Waals surface area contributed by atoms with Crippen LogP contribution in [0.25, 0.3) is 16.8 Å². The summed E-state index contributed by atoms with van der Waals surface area (Å²) < 4.78 is 16.4. The lowest BCUT2D eigenvalue weighted by atomic mass is 9.98. The quantitative estimate of drug-likeness (QED) is 0.544. The number of halogens is 1. The largest absolute Gasteiger partial charge is 0.269 e. The zero-order valence-corrected chi connectivity index (χ0v) is 15.7. The predicted octanol–water partition coefficient (Wildman–Crippen LogP) is 3.91. The van der Waals surface area contributed by atoms with Crippen molar-refractivity contribution in [2.24, 2.45) is 0 Å². The highest BCUT2D eigenvalue weighted by Gasteiger charge is 2.19. The van der Waals surface area contributed by atoms with Gasteiger partial charge in [-0.2, -0.15) is 0 Å². The first-order chi connectivity index (χ1) is 13.7. The molecule has 6 heteroatoms. The molecule has 0 spiro atoms. The van der Waals surface area contributed by atoms with Crippen molar-refractivity contribution < 1.29 is 4.39 Å². The van der Waals surface area contributed by atoms with Crippen molar-refractivity contribution in [3.8, 4) is 11.1 Å². The van der Waals surface area contributed by atoms with Crippen LogP contribution in [-0.4, -0.2) is 24.6 Å². The maximum Gasteiger partial charge on any atom is 0.171 e. The van der Waals surface area contributed by atoms with Gasteiger partial charge < -0.3 is 0 Å². The molecule has 1 aliphatic carbocycles. The van der Waals surface area contributed by atoms with Crippen molar-refractivity contribution in [2.75, 3.05) is 0 Å². The summed E-state index contributed by atoms with van der Waals surface area (Å²) in [6.07, 6.45) is 9.67. The fourth-order valence-electron chi connectivity index (χ4n) is 4.23. The van der Waals surface area contributed by atoms with E-state index in [4.69, 9.17) is 0 Å². The molecule has 4 aromatic rings. The monoisotopic (exact) mass is 373 g/mol. The van der Waals surface area contributed by atoms with Gasteiger partial charge in [0.1, 0.15) is 18.0 Å². The molecule has 140 valence electrons. The Morgan fingerprint density at radius 1 is 1.07 bits per heavy atom. The zero-order valence-electron chi connectivity index (χ0n) is 15.7. The summed E-state index contributed by atoms with van der Waals surface area (Å²) in [6, 6.07) is 7.45. The Kier molecular flexibility index (Phi) is 4.11. The van der Waals surface area contributed by atoms with Crippen LogP contribution in [0.3, 0.4) is 0 Å². The number of benzene rings is 1. The van der Waals surface area contributed by atoms with E-state index in [1.165, 1.54) is 11.1 Å². The van der Waals surface area contributed by atoms with Gasteiger partial charge in [-0.1, -0.05) is 12.1 Å². The smallest absolute Gasteiger partial charge is 0.171 e. The van der Waals surface area contributed by atoms with Gasteiger partial charge in [0.25, 0.3) is 0 Å². The van der Waals surface area contributed by atoms with E-state index in [0.29, 0.717) is 12.8 Å². The number of pyridine rings is 1. The molecule has 0 unspecified atom stereocenters. The van der Waals surface area contributed by atoms with Crippen LogP contribution in [0.2, 0.25) is 0 Å². The molecule has 28 heavy (non-hydrogen) atoms. The highest BCUT2D eigenvalue weighted by atomic mass is 19.1. The molecule has 5 nitrogen and oxygen atoms in total. The molecular formula is C22H20FN5. The zero-order chi connectivity index (χ0) is 19.1. The maximum absolute atomic E-state index is 14.5. The minimum absolute atomic E-state index is 0.108. The van der Waals surface area contributed by atoms with Gasteiger partial charge in [0, 0.05) is 35.6 Å². The average molecular weight is 373 g/mol. The molecule has 0 aliphatic heterocycles. The van der Waals surface area contributed by atoms with E-state index in [0.717, 1.165) is 53.1 Å². The van der Waals surface area contributed by atoms with E-state index in [2.05, 4.69) is 20.2 Å². The Morgan fingerprint density at radius 3 is 2.89 bits per heavy atom. The first-order valence-corrected chi connectivity index (χ1v) is 9.61. The number of aryl methyl sites for hydroxylation is 3. The second-order valence-electron chi connectivity index (χ2n) is 7.27. The minimum atomic E-state index is -0.108. The van der Waals surface area contributed by atoms with Crippen molar-refractivity contribution >= 4 is 5.65 Å². The Labute approximate surface area is 162 Å². The van der Waals surface area contributed by atoms with Gasteiger partial charge in [-0.05, 0) is 61.4 Å². The number of nitrogens with zero attached hydrogens (tertiary/aromatic N) is 5. The molecule has 0 N–H and O–H groups in total. The maximum atomic E-state index is 14.5. The van der Waals surface area contributed by atoms with Gasteiger partial charge in [-0.3, -0.25) is 9.38 Å². The standard InChI is InChI=1S/C22H20FN5/c1-14-16(6-3-11-24-14)19-12-25-21(28-13-26-27-22(19)28)10-8-18-17-5-2-4-15(17)7-9-20(18)23/h3,6-7,9,11-13H,2,4-5,8,10H2,1H3. The Bertz CT molecular complexity index is 1180. The van der Waals surface area contributed by atoms with Crippen LogP contribution in [0.1, 0.15) is 34.6 Å². The van der Waals surface area contributed by atoms with Gasteiger partial charge in [0.05, 0.1) is 0 Å². The molecule has 0 atom stereocenters. The van der Waals surface area contributed by atoms with Crippen LogP contribution < -0.4 is 0 Å². The number of rotatable bonds is 4. The molecule has 0 fully saturated rings. The van der Waals surface area contributed by atoms with Gasteiger partial charge >= 0.3 is 0 Å². The minimum Gasteiger partial charge on any atom is -0.269 e. The summed E-state index contributed by atoms with van der Waals surface area (Å²) in [5, 5.41) is 8.38. The van der Waals surface area contributed by atoms with Gasteiger partial charge in [0.15, 0.2) is 5.65 Å². The molecule has 0 saturated heterocycles. The molecule has 1 aromatic carbocycles. The molecule has 1 aliphatic rings. The highest BCUT2D eigenvalue weighted by Crippen LogP contribution is 2.29. The number of hydrogen-bond donors (Lipinski definition) is 0. The lowest BCUT2D eigenvalue weighted by Gasteiger charge is -2.12. The van der Waals surface area contributed by atoms with E-state index < -0.39 is 0 Å². The Morgan fingerprint density at radius 2 is 2.00 bits per heavy atom. The van der Waals surface area contributed by atoms with E-state index in [1.807, 2.05) is 35.7 Å². The molecule has 0 amide bonds. The summed E-state index contributed by atoms with van der Waals surface area (Å²) >= 11 is 0. The van der Waals surface area contributed by atoms with Crippen LogP contribution in [0.15, 0.2) is 43.0 Å². The predicted molar refractivity (Wildman–Crippen MR) is 105 cm³/mol. The number of fused-ring (bicyclic) bond motifs is 2. The Balaban J connectivity index is 1.51. The molecular weight excluding hydrogens is 353 g/mol. The molecule has 3 aromatic heterocycles. The normalized spacial score (nSPS) is 13.2. The van der Waals surface area contributed by atoms with Crippen molar-refractivity contribution in [3.05, 3.63) is 77.0 Å². The number of aromatic nitrogens is 5. The molecule has 5 rings (SSSR count). The highest BCUT2D eigenvalue weighted by molar-refractivity contribution is 5.77. The molecule has 0 bridgehead atoms. The average Bonchev–Trinajstić information content (AvgIpc) is 3.37. The lowest BCUT2D eigenvalue weighted by Crippen LogP contribution is -2.06. The van der Waals surface area contributed by atoms with Crippen LogP contribution in [-0.2, 0) is 25.7 Å². The fraction of sp³-hybridized carbons (Fsp3) is 0.273. The van der Waals surface area contributed by atoms with Crippen molar-refractivity contribution in [3.63, 3.8) is 0 Å². The van der Waals surface area contributed by atoms with Gasteiger partial charge in [0.2, 0.25) is 0 Å². The Hall–Kier alpha value is -3.15. The van der Waals surface area contributed by atoms with Crippen LogP contribution >= 0.6 is 0 Å². The molecule has 0 saturated carbocycles. The van der Waals surface area contributed by atoms with Crippen molar-refractivity contribution in [1.29, 1.82) is 0 Å².